The molecule has 1 aliphatic heterocycles. The molecule has 0 saturated carbocycles. The summed E-state index contributed by atoms with van der Waals surface area (Å²) in [5.74, 6) is 1.35. The van der Waals surface area contributed by atoms with E-state index in [1.54, 1.807) is 13.2 Å². The molecule has 5 heteroatoms. The van der Waals surface area contributed by atoms with Gasteiger partial charge in [0.25, 0.3) is 0 Å². The van der Waals surface area contributed by atoms with Crippen molar-refractivity contribution in [2.45, 2.75) is 32.7 Å². The summed E-state index contributed by atoms with van der Waals surface area (Å²) in [6.45, 7) is 6.97. The van der Waals surface area contributed by atoms with Crippen molar-refractivity contribution in [3.63, 3.8) is 0 Å². The normalized spacial score (nSPS) is 15.8. The standard InChI is InChI=1S/C13H19N3O2/c1-13(2,3)16-8-7-10(17)14-9-5-6-11(18-4)15-12(9)16/h5-6H,7-8H2,1-4H3,(H,14,17). The molecule has 1 aromatic heterocycles. The number of carbonyl (C=O) groups is 1. The zero-order valence-corrected chi connectivity index (χ0v) is 11.3. The summed E-state index contributed by atoms with van der Waals surface area (Å²) in [4.78, 5) is 18.3. The van der Waals surface area contributed by atoms with Gasteiger partial charge in [0.2, 0.25) is 11.8 Å². The Labute approximate surface area is 107 Å². The van der Waals surface area contributed by atoms with Gasteiger partial charge in [-0.25, -0.2) is 0 Å². The number of hydrogen-bond acceptors (Lipinski definition) is 4. The van der Waals surface area contributed by atoms with E-state index in [-0.39, 0.29) is 11.4 Å². The third-order valence-corrected chi connectivity index (χ3v) is 2.96. The number of methoxy groups -OCH3 is 1. The molecule has 1 aromatic rings. The van der Waals surface area contributed by atoms with E-state index in [1.807, 2.05) is 6.07 Å². The number of nitrogens with one attached hydrogen (secondary N) is 1. The van der Waals surface area contributed by atoms with Crippen LogP contribution in [-0.2, 0) is 4.79 Å². The summed E-state index contributed by atoms with van der Waals surface area (Å²) in [7, 11) is 1.59. The Hall–Kier alpha value is -1.78. The molecule has 1 aliphatic rings. The molecule has 1 amide bonds. The Balaban J connectivity index is 2.51. The molecule has 0 spiro atoms. The van der Waals surface area contributed by atoms with E-state index in [1.165, 1.54) is 0 Å². The van der Waals surface area contributed by atoms with Crippen LogP contribution >= 0.6 is 0 Å². The van der Waals surface area contributed by atoms with Crippen LogP contribution in [0, 0.1) is 0 Å². The molecule has 0 unspecified atom stereocenters. The van der Waals surface area contributed by atoms with Crippen molar-refractivity contribution in [2.24, 2.45) is 0 Å². The van der Waals surface area contributed by atoms with Crippen LogP contribution < -0.4 is 15.0 Å². The maximum atomic E-state index is 11.7. The van der Waals surface area contributed by atoms with Crippen LogP contribution in [0.3, 0.4) is 0 Å². The van der Waals surface area contributed by atoms with E-state index >= 15 is 0 Å². The molecule has 0 radical (unpaired) electrons. The van der Waals surface area contributed by atoms with Gasteiger partial charge in [-0.2, -0.15) is 4.98 Å². The molecule has 0 aliphatic carbocycles. The second kappa shape index (κ2) is 4.48. The first kappa shape index (κ1) is 12.7. The number of pyridine rings is 1. The SMILES string of the molecule is COc1ccc2c(n1)N(C(C)(C)C)CCC(=O)N2. The highest BCUT2D eigenvalue weighted by Crippen LogP contribution is 2.33. The maximum absolute atomic E-state index is 11.7. The molecule has 0 atom stereocenters. The minimum absolute atomic E-state index is 0.0231. The predicted octanol–water partition coefficient (Wildman–Crippen LogP) is 2.04. The molecule has 18 heavy (non-hydrogen) atoms. The lowest BCUT2D eigenvalue weighted by atomic mass is 10.1. The number of ether oxygens (including phenoxy) is 1. The highest BCUT2D eigenvalue weighted by molar-refractivity contribution is 5.95. The lowest BCUT2D eigenvalue weighted by molar-refractivity contribution is -0.116. The lowest BCUT2D eigenvalue weighted by Gasteiger charge is -2.36. The largest absolute Gasteiger partial charge is 0.481 e. The Morgan fingerprint density at radius 1 is 1.39 bits per heavy atom. The van der Waals surface area contributed by atoms with Crippen LogP contribution in [0.5, 0.6) is 5.88 Å². The fourth-order valence-electron chi connectivity index (χ4n) is 2.03. The van der Waals surface area contributed by atoms with Crippen molar-refractivity contribution in [3.05, 3.63) is 12.1 Å². The van der Waals surface area contributed by atoms with Crippen LogP contribution in [0.1, 0.15) is 27.2 Å². The van der Waals surface area contributed by atoms with Gasteiger partial charge in [0.1, 0.15) is 0 Å². The molecule has 5 nitrogen and oxygen atoms in total. The van der Waals surface area contributed by atoms with Crippen LogP contribution in [0.2, 0.25) is 0 Å². The lowest BCUT2D eigenvalue weighted by Crippen LogP contribution is -2.42. The molecule has 0 fully saturated rings. The summed E-state index contributed by atoms with van der Waals surface area (Å²) in [5, 5.41) is 2.88. The number of rotatable bonds is 1. The van der Waals surface area contributed by atoms with E-state index < -0.39 is 0 Å². The highest BCUT2D eigenvalue weighted by atomic mass is 16.5. The van der Waals surface area contributed by atoms with Crippen LogP contribution in [0.15, 0.2) is 12.1 Å². The number of amides is 1. The molecule has 0 bridgehead atoms. The molecule has 0 saturated heterocycles. The molecule has 0 aromatic carbocycles. The predicted molar refractivity (Wildman–Crippen MR) is 71.1 cm³/mol. The zero-order valence-electron chi connectivity index (χ0n) is 11.3. The monoisotopic (exact) mass is 249 g/mol. The number of hydrogen-bond donors (Lipinski definition) is 1. The summed E-state index contributed by atoms with van der Waals surface area (Å²) >= 11 is 0. The van der Waals surface area contributed by atoms with Gasteiger partial charge in [-0.15, -0.1) is 0 Å². The third-order valence-electron chi connectivity index (χ3n) is 2.96. The molecule has 2 rings (SSSR count). The topological polar surface area (TPSA) is 54.5 Å². The first-order valence-corrected chi connectivity index (χ1v) is 6.04. The van der Waals surface area contributed by atoms with Gasteiger partial charge in [-0.1, -0.05) is 0 Å². The average molecular weight is 249 g/mol. The Kier molecular flexibility index (Phi) is 3.15. The fourth-order valence-corrected chi connectivity index (χ4v) is 2.03. The van der Waals surface area contributed by atoms with E-state index in [9.17, 15) is 4.79 Å². The van der Waals surface area contributed by atoms with Crippen molar-refractivity contribution in [2.75, 3.05) is 23.9 Å². The van der Waals surface area contributed by atoms with Crippen LogP contribution in [0.4, 0.5) is 11.5 Å². The minimum Gasteiger partial charge on any atom is -0.481 e. The molecule has 2 heterocycles. The van der Waals surface area contributed by atoms with Crippen LogP contribution in [0.25, 0.3) is 0 Å². The molecular formula is C13H19N3O2. The highest BCUT2D eigenvalue weighted by Gasteiger charge is 2.29. The van der Waals surface area contributed by atoms with Gasteiger partial charge in [0.05, 0.1) is 12.8 Å². The Bertz CT molecular complexity index is 466. The second-order valence-electron chi connectivity index (χ2n) is 5.35. The van der Waals surface area contributed by atoms with Gasteiger partial charge in [-0.05, 0) is 26.8 Å². The van der Waals surface area contributed by atoms with Gasteiger partial charge >= 0.3 is 0 Å². The first-order valence-electron chi connectivity index (χ1n) is 6.04. The molecular weight excluding hydrogens is 230 g/mol. The molecule has 98 valence electrons. The number of aromatic nitrogens is 1. The van der Waals surface area contributed by atoms with Gasteiger partial charge in [0.15, 0.2) is 5.82 Å². The summed E-state index contributed by atoms with van der Waals surface area (Å²) in [6, 6.07) is 3.59. The van der Waals surface area contributed by atoms with Crippen molar-refractivity contribution in [1.29, 1.82) is 0 Å². The number of anilines is 2. The van der Waals surface area contributed by atoms with Crippen molar-refractivity contribution < 1.29 is 9.53 Å². The van der Waals surface area contributed by atoms with Gasteiger partial charge < -0.3 is 15.0 Å². The zero-order chi connectivity index (χ0) is 13.3. The number of nitrogens with zero attached hydrogens (tertiary/aromatic N) is 2. The average Bonchev–Trinajstić information content (AvgIpc) is 2.45. The van der Waals surface area contributed by atoms with Gasteiger partial charge in [0, 0.05) is 24.6 Å². The van der Waals surface area contributed by atoms with Crippen molar-refractivity contribution >= 4 is 17.4 Å². The van der Waals surface area contributed by atoms with Crippen LogP contribution in [-0.4, -0.2) is 30.1 Å². The fraction of sp³-hybridized carbons (Fsp3) is 0.538. The number of carbonyl (C=O) groups excluding carboxylic acids is 1. The quantitative estimate of drug-likeness (QED) is 0.827. The summed E-state index contributed by atoms with van der Waals surface area (Å²) < 4.78 is 5.16. The molecule has 1 N–H and O–H groups in total. The first-order chi connectivity index (χ1) is 8.41. The summed E-state index contributed by atoms with van der Waals surface area (Å²) in [5.41, 5.74) is 0.647. The van der Waals surface area contributed by atoms with Gasteiger partial charge in [-0.3, -0.25) is 4.79 Å². The van der Waals surface area contributed by atoms with E-state index in [2.05, 4.69) is 36.0 Å². The van der Waals surface area contributed by atoms with E-state index in [0.717, 1.165) is 11.5 Å². The second-order valence-corrected chi connectivity index (χ2v) is 5.35. The number of fused-ring (bicyclic) bond motifs is 1. The maximum Gasteiger partial charge on any atom is 0.226 e. The van der Waals surface area contributed by atoms with Crippen molar-refractivity contribution in [1.82, 2.24) is 4.98 Å². The van der Waals surface area contributed by atoms with Crippen molar-refractivity contribution in [3.8, 4) is 5.88 Å². The minimum atomic E-state index is -0.0968. The smallest absolute Gasteiger partial charge is 0.226 e. The van der Waals surface area contributed by atoms with E-state index in [0.29, 0.717) is 18.8 Å². The summed E-state index contributed by atoms with van der Waals surface area (Å²) in [6.07, 6.45) is 0.468. The van der Waals surface area contributed by atoms with E-state index in [4.69, 9.17) is 4.74 Å². The Morgan fingerprint density at radius 3 is 2.72 bits per heavy atom. The third kappa shape index (κ3) is 2.39. The Morgan fingerprint density at radius 2 is 2.11 bits per heavy atom.